The van der Waals surface area contributed by atoms with Crippen LogP contribution >= 0.6 is 22.7 Å². The first kappa shape index (κ1) is 14.4. The molecule has 0 unspecified atom stereocenters. The van der Waals surface area contributed by atoms with Crippen molar-refractivity contribution in [3.63, 3.8) is 0 Å². The Balaban J connectivity index is 1.46. The number of fused-ring (bicyclic) bond motifs is 3. The summed E-state index contributed by atoms with van der Waals surface area (Å²) < 4.78 is 0. The standard InChI is InChI=1S/C16H19N3OS2/c1-10-8-17-16(21-10)14-3-2-13(22-14)15(20)18-12-9-19-6-4-11(12)5-7-19/h2-3,8,11-12H,4-7,9H2,1H3,(H,18,20)/t12-/m0/s1. The Bertz CT molecular complexity index is 685. The van der Waals surface area contributed by atoms with Gasteiger partial charge < -0.3 is 10.2 Å². The van der Waals surface area contributed by atoms with Gasteiger partial charge in [0, 0.05) is 23.7 Å². The number of thiophene rings is 1. The van der Waals surface area contributed by atoms with E-state index in [0.29, 0.717) is 12.0 Å². The Morgan fingerprint density at radius 2 is 2.14 bits per heavy atom. The number of nitrogens with zero attached hydrogens (tertiary/aromatic N) is 2. The zero-order valence-corrected chi connectivity index (χ0v) is 14.2. The van der Waals surface area contributed by atoms with Crippen LogP contribution in [0.4, 0.5) is 0 Å². The van der Waals surface area contributed by atoms with Gasteiger partial charge in [-0.05, 0) is 50.9 Å². The minimum absolute atomic E-state index is 0.0725. The lowest BCUT2D eigenvalue weighted by atomic mass is 9.84. The van der Waals surface area contributed by atoms with E-state index in [1.807, 2.05) is 18.3 Å². The van der Waals surface area contributed by atoms with Crippen LogP contribution < -0.4 is 5.32 Å². The molecule has 116 valence electrons. The quantitative estimate of drug-likeness (QED) is 0.939. The summed E-state index contributed by atoms with van der Waals surface area (Å²) in [5.74, 6) is 0.735. The highest BCUT2D eigenvalue weighted by Gasteiger charge is 2.35. The van der Waals surface area contributed by atoms with Crippen molar-refractivity contribution >= 4 is 28.6 Å². The van der Waals surface area contributed by atoms with Gasteiger partial charge in [0.2, 0.25) is 0 Å². The number of hydrogen-bond acceptors (Lipinski definition) is 5. The average Bonchev–Trinajstić information content (AvgIpc) is 3.17. The summed E-state index contributed by atoms with van der Waals surface area (Å²) >= 11 is 3.21. The number of aryl methyl sites for hydroxylation is 1. The van der Waals surface area contributed by atoms with Crippen LogP contribution in [-0.4, -0.2) is 41.5 Å². The summed E-state index contributed by atoms with van der Waals surface area (Å²) in [7, 11) is 0. The third-order valence-electron chi connectivity index (χ3n) is 4.63. The molecule has 3 saturated heterocycles. The molecule has 0 radical (unpaired) electrons. The lowest BCUT2D eigenvalue weighted by molar-refractivity contribution is 0.0622. The molecular formula is C16H19N3OS2. The van der Waals surface area contributed by atoms with Crippen molar-refractivity contribution < 1.29 is 4.79 Å². The van der Waals surface area contributed by atoms with E-state index in [-0.39, 0.29) is 5.91 Å². The lowest BCUT2D eigenvalue weighted by Crippen LogP contribution is -2.57. The maximum Gasteiger partial charge on any atom is 0.261 e. The highest BCUT2D eigenvalue weighted by Crippen LogP contribution is 2.32. The summed E-state index contributed by atoms with van der Waals surface area (Å²) in [5.41, 5.74) is 0. The monoisotopic (exact) mass is 333 g/mol. The van der Waals surface area contributed by atoms with Crippen LogP contribution in [0.25, 0.3) is 9.88 Å². The Morgan fingerprint density at radius 1 is 1.32 bits per heavy atom. The number of carbonyl (C=O) groups is 1. The predicted octanol–water partition coefficient (Wildman–Crippen LogP) is 3.00. The summed E-state index contributed by atoms with van der Waals surface area (Å²) in [5, 5.41) is 4.25. The van der Waals surface area contributed by atoms with Gasteiger partial charge in [0.15, 0.2) is 0 Å². The Morgan fingerprint density at radius 3 is 2.77 bits per heavy atom. The second-order valence-corrected chi connectivity index (χ2v) is 8.48. The zero-order valence-electron chi connectivity index (χ0n) is 12.5. The number of nitrogens with one attached hydrogen (secondary N) is 1. The lowest BCUT2D eigenvalue weighted by Gasteiger charge is -2.44. The second kappa shape index (κ2) is 5.76. The fourth-order valence-corrected chi connectivity index (χ4v) is 5.15. The first-order chi connectivity index (χ1) is 10.7. The number of piperidine rings is 3. The van der Waals surface area contributed by atoms with Crippen LogP contribution in [0.3, 0.4) is 0 Å². The van der Waals surface area contributed by atoms with E-state index in [4.69, 9.17) is 0 Å². The highest BCUT2D eigenvalue weighted by atomic mass is 32.1. The van der Waals surface area contributed by atoms with Crippen molar-refractivity contribution in [2.24, 2.45) is 5.92 Å². The Labute approximate surface area is 138 Å². The molecule has 0 saturated carbocycles. The van der Waals surface area contributed by atoms with Gasteiger partial charge in [0.1, 0.15) is 5.01 Å². The average molecular weight is 333 g/mol. The first-order valence-electron chi connectivity index (χ1n) is 7.75. The van der Waals surface area contributed by atoms with Gasteiger partial charge >= 0.3 is 0 Å². The number of hydrogen-bond donors (Lipinski definition) is 1. The van der Waals surface area contributed by atoms with E-state index in [0.717, 1.165) is 21.3 Å². The van der Waals surface area contributed by atoms with E-state index < -0.39 is 0 Å². The Kier molecular flexibility index (Phi) is 3.76. The molecule has 5 heterocycles. The van der Waals surface area contributed by atoms with Crippen LogP contribution in [0.2, 0.25) is 0 Å². The minimum Gasteiger partial charge on any atom is -0.347 e. The van der Waals surface area contributed by atoms with Crippen molar-refractivity contribution in [1.82, 2.24) is 15.2 Å². The molecule has 1 atom stereocenters. The number of carbonyl (C=O) groups excluding carboxylic acids is 1. The second-order valence-electron chi connectivity index (χ2n) is 6.16. The van der Waals surface area contributed by atoms with E-state index in [2.05, 4.69) is 22.1 Å². The predicted molar refractivity (Wildman–Crippen MR) is 90.6 cm³/mol. The van der Waals surface area contributed by atoms with E-state index in [9.17, 15) is 4.79 Å². The van der Waals surface area contributed by atoms with Gasteiger partial charge in [-0.15, -0.1) is 22.7 Å². The number of rotatable bonds is 3. The molecule has 5 rings (SSSR count). The van der Waals surface area contributed by atoms with Crippen molar-refractivity contribution in [2.45, 2.75) is 25.8 Å². The maximum absolute atomic E-state index is 12.5. The van der Waals surface area contributed by atoms with E-state index >= 15 is 0 Å². The first-order valence-corrected chi connectivity index (χ1v) is 9.38. The summed E-state index contributed by atoms with van der Waals surface area (Å²) in [6.45, 7) is 5.46. The summed E-state index contributed by atoms with van der Waals surface area (Å²) in [6.07, 6.45) is 4.32. The van der Waals surface area contributed by atoms with Gasteiger partial charge in [-0.1, -0.05) is 0 Å². The van der Waals surface area contributed by atoms with Crippen LogP contribution in [0.1, 0.15) is 27.4 Å². The third-order valence-corrected chi connectivity index (χ3v) is 6.80. The van der Waals surface area contributed by atoms with E-state index in [1.165, 1.54) is 42.1 Å². The fourth-order valence-electron chi connectivity index (χ4n) is 3.41. The van der Waals surface area contributed by atoms with Crippen molar-refractivity contribution in [1.29, 1.82) is 0 Å². The summed E-state index contributed by atoms with van der Waals surface area (Å²) in [4.78, 5) is 22.4. The summed E-state index contributed by atoms with van der Waals surface area (Å²) in [6, 6.07) is 4.25. The highest BCUT2D eigenvalue weighted by molar-refractivity contribution is 7.22. The van der Waals surface area contributed by atoms with Crippen LogP contribution in [0, 0.1) is 12.8 Å². The normalized spacial score (nSPS) is 27.0. The molecule has 0 aromatic carbocycles. The van der Waals surface area contributed by atoms with Gasteiger partial charge in [0.25, 0.3) is 5.91 Å². The topological polar surface area (TPSA) is 45.2 Å². The molecule has 1 N–H and O–H groups in total. The minimum atomic E-state index is 0.0725. The molecule has 3 aliphatic rings. The van der Waals surface area contributed by atoms with Crippen molar-refractivity contribution in [3.8, 4) is 9.88 Å². The molecule has 2 bridgehead atoms. The van der Waals surface area contributed by atoms with Crippen molar-refractivity contribution in [3.05, 3.63) is 28.1 Å². The molecule has 22 heavy (non-hydrogen) atoms. The SMILES string of the molecule is Cc1cnc(-c2ccc(C(=O)N[C@H]3CN4CCC3CC4)s2)s1. The Hall–Kier alpha value is -1.24. The molecule has 0 spiro atoms. The molecule has 3 fully saturated rings. The molecular weight excluding hydrogens is 314 g/mol. The van der Waals surface area contributed by atoms with Gasteiger partial charge in [0.05, 0.1) is 9.75 Å². The largest absolute Gasteiger partial charge is 0.347 e. The van der Waals surface area contributed by atoms with Crippen LogP contribution in [0.5, 0.6) is 0 Å². The molecule has 1 amide bonds. The fraction of sp³-hybridized carbons (Fsp3) is 0.500. The molecule has 3 aliphatic heterocycles. The number of amides is 1. The molecule has 0 aliphatic carbocycles. The number of thiazole rings is 1. The number of aromatic nitrogens is 1. The molecule has 2 aromatic heterocycles. The van der Waals surface area contributed by atoms with E-state index in [1.54, 1.807) is 11.3 Å². The molecule has 2 aromatic rings. The van der Waals surface area contributed by atoms with Gasteiger partial charge in [-0.2, -0.15) is 0 Å². The van der Waals surface area contributed by atoms with Crippen LogP contribution in [0.15, 0.2) is 18.3 Å². The van der Waals surface area contributed by atoms with Gasteiger partial charge in [-0.25, -0.2) is 4.98 Å². The molecule has 4 nitrogen and oxygen atoms in total. The smallest absolute Gasteiger partial charge is 0.261 e. The van der Waals surface area contributed by atoms with Crippen molar-refractivity contribution in [2.75, 3.05) is 19.6 Å². The maximum atomic E-state index is 12.5. The zero-order chi connectivity index (χ0) is 15.1. The van der Waals surface area contributed by atoms with Crippen LogP contribution in [-0.2, 0) is 0 Å². The third kappa shape index (κ3) is 2.71. The van der Waals surface area contributed by atoms with Gasteiger partial charge in [-0.3, -0.25) is 4.79 Å². The molecule has 6 heteroatoms.